The molecule has 0 spiro atoms. The SMILES string of the molecule is CCc1cc(O)ccc1C1CCC2C(C1)NNC2c1ncc(C2=C[C@@H](C)N[C@@H](C)C2)[nH]1. The van der Waals surface area contributed by atoms with Crippen LogP contribution in [0.2, 0.25) is 0 Å². The Morgan fingerprint density at radius 1 is 1.16 bits per heavy atom. The zero-order valence-electron chi connectivity index (χ0n) is 18.8. The van der Waals surface area contributed by atoms with Crippen LogP contribution in [0.3, 0.4) is 0 Å². The lowest BCUT2D eigenvalue weighted by molar-refractivity contribution is 0.276. The number of aromatic nitrogens is 2. The molecule has 2 aromatic rings. The van der Waals surface area contributed by atoms with Crippen LogP contribution in [-0.2, 0) is 6.42 Å². The van der Waals surface area contributed by atoms with Crippen LogP contribution in [-0.4, -0.2) is 33.2 Å². The van der Waals surface area contributed by atoms with Gasteiger partial charge >= 0.3 is 0 Å². The number of fused-ring (bicyclic) bond motifs is 1. The number of rotatable bonds is 4. The second-order valence-corrected chi connectivity index (χ2v) is 9.72. The molecule has 6 heteroatoms. The first-order valence-electron chi connectivity index (χ1n) is 11.9. The predicted molar refractivity (Wildman–Crippen MR) is 124 cm³/mol. The minimum absolute atomic E-state index is 0.224. The van der Waals surface area contributed by atoms with Gasteiger partial charge in [-0.25, -0.2) is 10.4 Å². The summed E-state index contributed by atoms with van der Waals surface area (Å²) in [5.74, 6) is 2.50. The number of aromatic amines is 1. The summed E-state index contributed by atoms with van der Waals surface area (Å²) in [5.41, 5.74) is 12.3. The second-order valence-electron chi connectivity index (χ2n) is 9.72. The van der Waals surface area contributed by atoms with E-state index in [-0.39, 0.29) is 6.04 Å². The van der Waals surface area contributed by atoms with Crippen LogP contribution in [0.4, 0.5) is 0 Å². The van der Waals surface area contributed by atoms with E-state index in [1.54, 1.807) is 0 Å². The third kappa shape index (κ3) is 4.04. The van der Waals surface area contributed by atoms with E-state index in [0.717, 1.165) is 30.8 Å². The van der Waals surface area contributed by atoms with Crippen molar-refractivity contribution in [2.24, 2.45) is 5.92 Å². The number of nitrogens with zero attached hydrogens (tertiary/aromatic N) is 1. The minimum atomic E-state index is 0.224. The molecule has 1 aliphatic carbocycles. The smallest absolute Gasteiger partial charge is 0.125 e. The zero-order chi connectivity index (χ0) is 21.5. The summed E-state index contributed by atoms with van der Waals surface area (Å²) >= 11 is 0. The third-order valence-electron chi connectivity index (χ3n) is 7.46. The number of hydrazine groups is 1. The van der Waals surface area contributed by atoms with Crippen LogP contribution in [0.1, 0.15) is 81.1 Å². The Bertz CT molecular complexity index is 967. The molecule has 1 saturated heterocycles. The Morgan fingerprint density at radius 2 is 2.03 bits per heavy atom. The Balaban J connectivity index is 1.30. The van der Waals surface area contributed by atoms with Crippen LogP contribution in [0.5, 0.6) is 5.75 Å². The molecular weight excluding hydrogens is 386 g/mol. The van der Waals surface area contributed by atoms with Crippen molar-refractivity contribution in [1.29, 1.82) is 0 Å². The normalized spacial score (nSPS) is 33.2. The molecule has 5 N–H and O–H groups in total. The summed E-state index contributed by atoms with van der Waals surface area (Å²) in [4.78, 5) is 8.41. The number of hydrogen-bond acceptors (Lipinski definition) is 5. The Kier molecular flexibility index (Phi) is 5.63. The monoisotopic (exact) mass is 421 g/mol. The number of imidazole rings is 1. The fraction of sp³-hybridized carbons (Fsp3) is 0.560. The van der Waals surface area contributed by atoms with E-state index in [9.17, 15) is 5.11 Å². The average molecular weight is 422 g/mol. The fourth-order valence-electron chi connectivity index (χ4n) is 6.03. The number of phenolic OH excluding ortho intramolecular Hbond substituents is 1. The first kappa shape index (κ1) is 20.7. The van der Waals surface area contributed by atoms with Gasteiger partial charge in [0.2, 0.25) is 0 Å². The number of aromatic hydroxyl groups is 1. The van der Waals surface area contributed by atoms with Gasteiger partial charge in [0.25, 0.3) is 0 Å². The van der Waals surface area contributed by atoms with Crippen molar-refractivity contribution in [2.75, 3.05) is 0 Å². The van der Waals surface area contributed by atoms with Crippen molar-refractivity contribution in [1.82, 2.24) is 26.1 Å². The molecule has 0 amide bonds. The Labute approximate surface area is 184 Å². The van der Waals surface area contributed by atoms with Crippen LogP contribution in [0.25, 0.3) is 5.57 Å². The highest BCUT2D eigenvalue weighted by molar-refractivity contribution is 5.64. The predicted octanol–water partition coefficient (Wildman–Crippen LogP) is 3.93. The van der Waals surface area contributed by atoms with E-state index in [1.165, 1.54) is 29.5 Å². The molecule has 1 saturated carbocycles. The number of phenols is 1. The zero-order valence-corrected chi connectivity index (χ0v) is 18.8. The molecule has 2 aliphatic heterocycles. The van der Waals surface area contributed by atoms with Crippen LogP contribution in [0, 0.1) is 5.92 Å². The lowest BCUT2D eigenvalue weighted by atomic mass is 9.73. The van der Waals surface area contributed by atoms with E-state index in [4.69, 9.17) is 4.98 Å². The van der Waals surface area contributed by atoms with Crippen molar-refractivity contribution >= 4 is 5.57 Å². The molecule has 5 rings (SSSR count). The molecule has 2 fully saturated rings. The lowest BCUT2D eigenvalue weighted by Gasteiger charge is -2.33. The summed E-state index contributed by atoms with van der Waals surface area (Å²) in [6.07, 6.45) is 9.78. The molecular formula is C25H35N5O. The molecule has 0 bridgehead atoms. The highest BCUT2D eigenvalue weighted by atomic mass is 16.3. The Hall–Kier alpha value is -2.15. The highest BCUT2D eigenvalue weighted by Gasteiger charge is 2.42. The number of hydrogen-bond donors (Lipinski definition) is 5. The molecule has 6 atom stereocenters. The van der Waals surface area contributed by atoms with E-state index in [1.807, 2.05) is 18.3 Å². The first-order chi connectivity index (χ1) is 15.0. The Morgan fingerprint density at radius 3 is 2.84 bits per heavy atom. The van der Waals surface area contributed by atoms with Crippen molar-refractivity contribution in [3.05, 3.63) is 53.1 Å². The molecule has 166 valence electrons. The van der Waals surface area contributed by atoms with E-state index in [2.05, 4.69) is 54.1 Å². The number of benzene rings is 1. The topological polar surface area (TPSA) is 85.0 Å². The highest BCUT2D eigenvalue weighted by Crippen LogP contribution is 2.44. The van der Waals surface area contributed by atoms with Crippen LogP contribution < -0.4 is 16.2 Å². The summed E-state index contributed by atoms with van der Waals surface area (Å²) in [5, 5.41) is 13.4. The fourth-order valence-corrected chi connectivity index (χ4v) is 6.03. The standard InChI is InChI=1S/C25H35N5O/c1-4-16-11-19(31)6-8-20(16)17-5-7-21-22(12-17)29-30-24(21)25-26-13-23(28-25)18-9-14(2)27-15(3)10-18/h6,8-9,11,13-15,17,21-22,24,27,29-31H,4-5,7,10,12H2,1-3H3,(H,26,28)/t14-,15+,17?,21?,22?,24?/m1/s1. The van der Waals surface area contributed by atoms with Crippen molar-refractivity contribution in [2.45, 2.75) is 83.0 Å². The van der Waals surface area contributed by atoms with Crippen LogP contribution in [0.15, 0.2) is 30.5 Å². The van der Waals surface area contributed by atoms with Gasteiger partial charge in [-0.05, 0) is 86.6 Å². The maximum absolute atomic E-state index is 9.86. The van der Waals surface area contributed by atoms with Gasteiger partial charge in [-0.1, -0.05) is 19.1 Å². The van der Waals surface area contributed by atoms with Gasteiger partial charge in [-0.3, -0.25) is 5.43 Å². The molecule has 31 heavy (non-hydrogen) atoms. The molecule has 4 unspecified atom stereocenters. The van der Waals surface area contributed by atoms with E-state index >= 15 is 0 Å². The van der Waals surface area contributed by atoms with Crippen molar-refractivity contribution < 1.29 is 5.11 Å². The summed E-state index contributed by atoms with van der Waals surface area (Å²) in [6, 6.07) is 7.45. The summed E-state index contributed by atoms with van der Waals surface area (Å²) in [7, 11) is 0. The largest absolute Gasteiger partial charge is 0.508 e. The van der Waals surface area contributed by atoms with Gasteiger partial charge in [0, 0.05) is 18.1 Å². The maximum Gasteiger partial charge on any atom is 0.125 e. The molecule has 6 nitrogen and oxygen atoms in total. The maximum atomic E-state index is 9.86. The molecule has 0 radical (unpaired) electrons. The molecule has 3 aliphatic rings. The van der Waals surface area contributed by atoms with E-state index in [0.29, 0.717) is 35.7 Å². The summed E-state index contributed by atoms with van der Waals surface area (Å²) < 4.78 is 0. The van der Waals surface area contributed by atoms with Gasteiger partial charge in [-0.15, -0.1) is 0 Å². The summed E-state index contributed by atoms with van der Waals surface area (Å²) in [6.45, 7) is 6.61. The van der Waals surface area contributed by atoms with Crippen LogP contribution >= 0.6 is 0 Å². The van der Waals surface area contributed by atoms with Crippen molar-refractivity contribution in [3.8, 4) is 5.75 Å². The molecule has 1 aromatic heterocycles. The third-order valence-corrected chi connectivity index (χ3v) is 7.46. The van der Waals surface area contributed by atoms with Gasteiger partial charge in [0.1, 0.15) is 11.6 Å². The number of aryl methyl sites for hydroxylation is 1. The molecule has 3 heterocycles. The molecule has 1 aromatic carbocycles. The second kappa shape index (κ2) is 8.41. The van der Waals surface area contributed by atoms with Gasteiger partial charge in [0.15, 0.2) is 0 Å². The van der Waals surface area contributed by atoms with Crippen molar-refractivity contribution in [3.63, 3.8) is 0 Å². The van der Waals surface area contributed by atoms with Gasteiger partial charge in [-0.2, -0.15) is 0 Å². The number of H-pyrrole nitrogens is 1. The van der Waals surface area contributed by atoms with Gasteiger partial charge in [0.05, 0.1) is 17.9 Å². The van der Waals surface area contributed by atoms with Gasteiger partial charge < -0.3 is 15.4 Å². The average Bonchev–Trinajstić information content (AvgIpc) is 3.39. The quantitative estimate of drug-likeness (QED) is 0.516. The first-order valence-corrected chi connectivity index (χ1v) is 11.9. The van der Waals surface area contributed by atoms with E-state index < -0.39 is 0 Å². The number of nitrogens with one attached hydrogen (secondary N) is 4. The minimum Gasteiger partial charge on any atom is -0.508 e. The lowest BCUT2D eigenvalue weighted by Crippen LogP contribution is -2.36.